The summed E-state index contributed by atoms with van der Waals surface area (Å²) in [6.45, 7) is 0.461. The highest BCUT2D eigenvalue weighted by molar-refractivity contribution is 7.12. The van der Waals surface area contributed by atoms with Crippen LogP contribution in [0.1, 0.15) is 16.1 Å². The number of ether oxygens (including phenoxy) is 1. The molecule has 0 aliphatic carbocycles. The number of carbonyl (C=O) groups excluding carboxylic acids is 1. The lowest BCUT2D eigenvalue weighted by Crippen LogP contribution is -1.97. The van der Waals surface area contributed by atoms with E-state index in [0.29, 0.717) is 23.1 Å². The fraction of sp³-hybridized carbons (Fsp3) is 0.0476. The Balaban J connectivity index is 1.53. The summed E-state index contributed by atoms with van der Waals surface area (Å²) < 4.78 is 7.58. The molecule has 4 aromatic rings. The van der Waals surface area contributed by atoms with E-state index in [1.54, 1.807) is 10.6 Å². The predicted molar refractivity (Wildman–Crippen MR) is 108 cm³/mol. The number of aldehydes is 1. The van der Waals surface area contributed by atoms with Crippen LogP contribution in [0.5, 0.6) is 5.75 Å². The van der Waals surface area contributed by atoms with Crippen LogP contribution in [0.25, 0.3) is 16.4 Å². The second-order valence-corrected chi connectivity index (χ2v) is 7.10. The van der Waals surface area contributed by atoms with Crippen LogP contribution in [0.15, 0.2) is 72.2 Å². The summed E-state index contributed by atoms with van der Waals surface area (Å²) in [7, 11) is 0. The first-order valence-corrected chi connectivity index (χ1v) is 9.55. The maximum atomic E-state index is 11.1. The molecule has 27 heavy (non-hydrogen) atoms. The molecule has 0 saturated heterocycles. The zero-order chi connectivity index (χ0) is 18.6. The smallest absolute Gasteiger partial charge is 0.194 e. The standard InChI is InChI=1S/C21H15ClN2O2S/c22-18-11-16(8-9-20(18)26-13-15-5-2-1-3-6-15)19-14-27-21(23-19)24-10-4-7-17(24)12-25/h1-12,14H,13H2. The Morgan fingerprint density at radius 3 is 2.74 bits per heavy atom. The van der Waals surface area contributed by atoms with E-state index in [4.69, 9.17) is 16.3 Å². The summed E-state index contributed by atoms with van der Waals surface area (Å²) >= 11 is 7.87. The first-order valence-electron chi connectivity index (χ1n) is 8.29. The molecular weight excluding hydrogens is 380 g/mol. The predicted octanol–water partition coefficient (Wildman–Crippen LogP) is 5.65. The van der Waals surface area contributed by atoms with Gasteiger partial charge in [-0.25, -0.2) is 4.98 Å². The van der Waals surface area contributed by atoms with Crippen molar-refractivity contribution in [2.24, 2.45) is 0 Å². The second-order valence-electron chi connectivity index (χ2n) is 5.86. The van der Waals surface area contributed by atoms with E-state index in [-0.39, 0.29) is 0 Å². The lowest BCUT2D eigenvalue weighted by atomic mass is 10.1. The molecule has 2 aromatic carbocycles. The number of nitrogens with zero attached hydrogens (tertiary/aromatic N) is 2. The zero-order valence-corrected chi connectivity index (χ0v) is 15.8. The normalized spacial score (nSPS) is 10.7. The molecule has 0 spiro atoms. The van der Waals surface area contributed by atoms with E-state index >= 15 is 0 Å². The molecule has 0 fully saturated rings. The van der Waals surface area contributed by atoms with Gasteiger partial charge in [-0.3, -0.25) is 9.36 Å². The average Bonchev–Trinajstić information content (AvgIpc) is 3.36. The van der Waals surface area contributed by atoms with Crippen molar-refractivity contribution in [1.29, 1.82) is 0 Å². The molecule has 0 atom stereocenters. The molecule has 0 aliphatic heterocycles. The van der Waals surface area contributed by atoms with Crippen LogP contribution >= 0.6 is 22.9 Å². The largest absolute Gasteiger partial charge is 0.487 e. The number of hydrogen-bond acceptors (Lipinski definition) is 4. The van der Waals surface area contributed by atoms with Gasteiger partial charge in [0.2, 0.25) is 0 Å². The van der Waals surface area contributed by atoms with Gasteiger partial charge in [-0.05, 0) is 35.9 Å². The summed E-state index contributed by atoms with van der Waals surface area (Å²) in [4.78, 5) is 15.7. The first kappa shape index (κ1) is 17.5. The van der Waals surface area contributed by atoms with Crippen molar-refractivity contribution in [3.05, 3.63) is 88.5 Å². The Kier molecular flexibility index (Phi) is 5.05. The second kappa shape index (κ2) is 7.78. The molecule has 0 aliphatic rings. The lowest BCUT2D eigenvalue weighted by molar-refractivity contribution is 0.111. The molecule has 134 valence electrons. The SMILES string of the molecule is O=Cc1cccn1-c1nc(-c2ccc(OCc3ccccc3)c(Cl)c2)cs1. The third-order valence-corrected chi connectivity index (χ3v) is 5.20. The van der Waals surface area contributed by atoms with Gasteiger partial charge in [0.15, 0.2) is 11.4 Å². The van der Waals surface area contributed by atoms with Crippen LogP contribution in [0.3, 0.4) is 0 Å². The summed E-state index contributed by atoms with van der Waals surface area (Å²) in [6, 6.07) is 19.1. The Labute approximate surface area is 165 Å². The molecule has 0 N–H and O–H groups in total. The molecule has 2 heterocycles. The Morgan fingerprint density at radius 2 is 1.96 bits per heavy atom. The molecule has 6 heteroatoms. The van der Waals surface area contributed by atoms with Gasteiger partial charge >= 0.3 is 0 Å². The van der Waals surface area contributed by atoms with E-state index in [0.717, 1.165) is 28.2 Å². The Morgan fingerprint density at radius 1 is 1.11 bits per heavy atom. The zero-order valence-electron chi connectivity index (χ0n) is 14.2. The van der Waals surface area contributed by atoms with E-state index in [9.17, 15) is 4.79 Å². The highest BCUT2D eigenvalue weighted by Gasteiger charge is 2.11. The van der Waals surface area contributed by atoms with E-state index in [1.165, 1.54) is 11.3 Å². The molecule has 4 rings (SSSR count). The highest BCUT2D eigenvalue weighted by atomic mass is 35.5. The summed E-state index contributed by atoms with van der Waals surface area (Å²) in [5, 5.41) is 3.21. The van der Waals surface area contributed by atoms with Gasteiger partial charge in [0.25, 0.3) is 0 Å². The molecule has 0 amide bonds. The molecule has 2 aromatic heterocycles. The van der Waals surface area contributed by atoms with Crippen molar-refractivity contribution in [2.75, 3.05) is 0 Å². The van der Waals surface area contributed by atoms with Gasteiger partial charge in [0.1, 0.15) is 12.4 Å². The number of thiazole rings is 1. The summed E-state index contributed by atoms with van der Waals surface area (Å²) in [5.74, 6) is 0.633. The van der Waals surface area contributed by atoms with Gasteiger partial charge < -0.3 is 4.74 Å². The minimum atomic E-state index is 0.461. The molecule has 0 unspecified atom stereocenters. The van der Waals surface area contributed by atoms with Crippen LogP contribution in [-0.2, 0) is 6.61 Å². The van der Waals surface area contributed by atoms with Gasteiger partial charge in [0.05, 0.1) is 16.4 Å². The lowest BCUT2D eigenvalue weighted by Gasteiger charge is -2.09. The third kappa shape index (κ3) is 3.79. The highest BCUT2D eigenvalue weighted by Crippen LogP contribution is 2.32. The topological polar surface area (TPSA) is 44.1 Å². The Bertz CT molecular complexity index is 1070. The maximum absolute atomic E-state index is 11.1. The van der Waals surface area contributed by atoms with E-state index < -0.39 is 0 Å². The van der Waals surface area contributed by atoms with Crippen LogP contribution in [0, 0.1) is 0 Å². The van der Waals surface area contributed by atoms with E-state index in [2.05, 4.69) is 4.98 Å². The third-order valence-electron chi connectivity index (χ3n) is 4.06. The minimum absolute atomic E-state index is 0.461. The van der Waals surface area contributed by atoms with Crippen LogP contribution in [0.4, 0.5) is 0 Å². The maximum Gasteiger partial charge on any atom is 0.194 e. The molecular formula is C21H15ClN2O2S. The molecule has 0 radical (unpaired) electrons. The van der Waals surface area contributed by atoms with Gasteiger partial charge in [0, 0.05) is 17.1 Å². The van der Waals surface area contributed by atoms with Crippen LogP contribution < -0.4 is 4.74 Å². The fourth-order valence-electron chi connectivity index (χ4n) is 2.68. The van der Waals surface area contributed by atoms with Crippen LogP contribution in [-0.4, -0.2) is 15.8 Å². The number of carbonyl (C=O) groups is 1. The molecule has 0 saturated carbocycles. The number of aromatic nitrogens is 2. The van der Waals surface area contributed by atoms with Gasteiger partial charge in [-0.15, -0.1) is 11.3 Å². The summed E-state index contributed by atoms with van der Waals surface area (Å²) in [5.41, 5.74) is 3.35. The van der Waals surface area contributed by atoms with Crippen molar-refractivity contribution in [3.63, 3.8) is 0 Å². The number of benzene rings is 2. The van der Waals surface area contributed by atoms with E-state index in [1.807, 2.05) is 66.2 Å². The van der Waals surface area contributed by atoms with Crippen molar-refractivity contribution in [3.8, 4) is 22.1 Å². The van der Waals surface area contributed by atoms with Gasteiger partial charge in [-0.1, -0.05) is 41.9 Å². The van der Waals surface area contributed by atoms with Crippen molar-refractivity contribution in [1.82, 2.24) is 9.55 Å². The summed E-state index contributed by atoms with van der Waals surface area (Å²) in [6.07, 6.45) is 2.64. The van der Waals surface area contributed by atoms with Crippen molar-refractivity contribution < 1.29 is 9.53 Å². The monoisotopic (exact) mass is 394 g/mol. The Hall–Kier alpha value is -2.89. The number of rotatable bonds is 6. The quantitative estimate of drug-likeness (QED) is 0.397. The molecule has 0 bridgehead atoms. The van der Waals surface area contributed by atoms with Gasteiger partial charge in [-0.2, -0.15) is 0 Å². The van der Waals surface area contributed by atoms with Crippen LogP contribution in [0.2, 0.25) is 5.02 Å². The number of halogens is 1. The van der Waals surface area contributed by atoms with Crippen molar-refractivity contribution in [2.45, 2.75) is 6.61 Å². The first-order chi connectivity index (χ1) is 13.2. The molecule has 4 nitrogen and oxygen atoms in total. The fourth-order valence-corrected chi connectivity index (χ4v) is 3.76. The van der Waals surface area contributed by atoms with Crippen molar-refractivity contribution >= 4 is 29.2 Å². The minimum Gasteiger partial charge on any atom is -0.487 e. The number of hydrogen-bond donors (Lipinski definition) is 0. The average molecular weight is 395 g/mol.